The van der Waals surface area contributed by atoms with Crippen molar-refractivity contribution in [3.63, 3.8) is 0 Å². The van der Waals surface area contributed by atoms with Gasteiger partial charge in [-0.25, -0.2) is 0 Å². The van der Waals surface area contributed by atoms with Crippen LogP contribution in [0, 0.1) is 0 Å². The fraction of sp³-hybridized carbons (Fsp3) is 0.357. The third-order valence-corrected chi connectivity index (χ3v) is 3.32. The van der Waals surface area contributed by atoms with Crippen LogP contribution >= 0.6 is 11.3 Å². The van der Waals surface area contributed by atoms with Gasteiger partial charge >= 0.3 is 0 Å². The van der Waals surface area contributed by atoms with E-state index in [0.29, 0.717) is 6.61 Å². The lowest BCUT2D eigenvalue weighted by atomic mass is 9.87. The lowest BCUT2D eigenvalue weighted by Gasteiger charge is -2.19. The number of ether oxygens (including phenoxy) is 1. The Balaban J connectivity index is 2.07. The molecule has 0 aliphatic heterocycles. The molecule has 0 aliphatic carbocycles. The molecule has 1 aromatic heterocycles. The highest BCUT2D eigenvalue weighted by molar-refractivity contribution is 7.09. The Kier molecular flexibility index (Phi) is 3.48. The number of aromatic nitrogens is 1. The standard InChI is InChI=1S/C14H17NOS/c1-14(2,3)11-5-4-6-12(7-11)16-9-13-8-15-10-17-13/h4-8,10H,9H2,1-3H3. The number of nitrogens with zero attached hydrogens (tertiary/aromatic N) is 1. The third-order valence-electron chi connectivity index (χ3n) is 2.56. The molecule has 0 radical (unpaired) electrons. The summed E-state index contributed by atoms with van der Waals surface area (Å²) in [5, 5.41) is 0. The number of hydrogen-bond acceptors (Lipinski definition) is 3. The summed E-state index contributed by atoms with van der Waals surface area (Å²) in [6.45, 7) is 7.21. The summed E-state index contributed by atoms with van der Waals surface area (Å²) >= 11 is 1.62. The first kappa shape index (κ1) is 12.1. The molecule has 2 rings (SSSR count). The van der Waals surface area contributed by atoms with Gasteiger partial charge in [0.2, 0.25) is 0 Å². The van der Waals surface area contributed by atoms with Gasteiger partial charge in [-0.2, -0.15) is 0 Å². The van der Waals surface area contributed by atoms with Gasteiger partial charge in [-0.05, 0) is 23.1 Å². The Morgan fingerprint density at radius 3 is 2.76 bits per heavy atom. The van der Waals surface area contributed by atoms with E-state index in [0.717, 1.165) is 10.6 Å². The van der Waals surface area contributed by atoms with E-state index in [1.165, 1.54) is 5.56 Å². The topological polar surface area (TPSA) is 22.1 Å². The van der Waals surface area contributed by atoms with E-state index in [2.05, 4.69) is 37.9 Å². The molecule has 1 heterocycles. The second-order valence-electron chi connectivity index (χ2n) is 5.03. The molecule has 0 spiro atoms. The lowest BCUT2D eigenvalue weighted by molar-refractivity contribution is 0.308. The molecule has 17 heavy (non-hydrogen) atoms. The summed E-state index contributed by atoms with van der Waals surface area (Å²) in [5.74, 6) is 0.922. The maximum atomic E-state index is 5.76. The van der Waals surface area contributed by atoms with Crippen LogP contribution in [0.1, 0.15) is 31.2 Å². The molecule has 0 unspecified atom stereocenters. The summed E-state index contributed by atoms with van der Waals surface area (Å²) in [7, 11) is 0. The summed E-state index contributed by atoms with van der Waals surface area (Å²) in [5.41, 5.74) is 3.27. The Morgan fingerprint density at radius 2 is 2.12 bits per heavy atom. The van der Waals surface area contributed by atoms with Crippen LogP contribution in [0.25, 0.3) is 0 Å². The minimum Gasteiger partial charge on any atom is -0.488 e. The predicted molar refractivity (Wildman–Crippen MR) is 71.6 cm³/mol. The quantitative estimate of drug-likeness (QED) is 0.817. The molecule has 0 atom stereocenters. The van der Waals surface area contributed by atoms with Crippen LogP contribution in [-0.2, 0) is 12.0 Å². The molecule has 0 bridgehead atoms. The molecule has 0 saturated carbocycles. The maximum absolute atomic E-state index is 5.76. The van der Waals surface area contributed by atoms with Crippen LogP contribution in [0.3, 0.4) is 0 Å². The van der Waals surface area contributed by atoms with Crippen LogP contribution in [0.2, 0.25) is 0 Å². The molecular formula is C14H17NOS. The van der Waals surface area contributed by atoms with Crippen molar-refractivity contribution in [2.75, 3.05) is 0 Å². The zero-order chi connectivity index (χ0) is 12.3. The van der Waals surface area contributed by atoms with Gasteiger partial charge < -0.3 is 4.74 Å². The summed E-state index contributed by atoms with van der Waals surface area (Å²) in [6.07, 6.45) is 1.85. The zero-order valence-electron chi connectivity index (χ0n) is 10.4. The van der Waals surface area contributed by atoms with Crippen LogP contribution < -0.4 is 4.74 Å². The van der Waals surface area contributed by atoms with Crippen molar-refractivity contribution in [1.82, 2.24) is 4.98 Å². The van der Waals surface area contributed by atoms with Crippen LogP contribution in [0.5, 0.6) is 5.75 Å². The van der Waals surface area contributed by atoms with Crippen molar-refractivity contribution >= 4 is 11.3 Å². The van der Waals surface area contributed by atoms with E-state index in [4.69, 9.17) is 4.74 Å². The van der Waals surface area contributed by atoms with Crippen LogP contribution in [0.4, 0.5) is 0 Å². The molecule has 3 heteroatoms. The molecule has 2 aromatic rings. The Hall–Kier alpha value is -1.35. The Labute approximate surface area is 106 Å². The molecule has 0 N–H and O–H groups in total. The average Bonchev–Trinajstić information content (AvgIpc) is 2.78. The molecular weight excluding hydrogens is 230 g/mol. The SMILES string of the molecule is CC(C)(C)c1cccc(OCc2cncs2)c1. The van der Waals surface area contributed by atoms with Crippen molar-refractivity contribution < 1.29 is 4.74 Å². The van der Waals surface area contributed by atoms with Crippen molar-refractivity contribution in [3.05, 3.63) is 46.4 Å². The van der Waals surface area contributed by atoms with Gasteiger partial charge in [-0.1, -0.05) is 32.9 Å². The van der Waals surface area contributed by atoms with Crippen molar-refractivity contribution in [1.29, 1.82) is 0 Å². The zero-order valence-corrected chi connectivity index (χ0v) is 11.3. The molecule has 2 nitrogen and oxygen atoms in total. The summed E-state index contributed by atoms with van der Waals surface area (Å²) < 4.78 is 5.76. The second-order valence-corrected chi connectivity index (χ2v) is 6.01. The first-order valence-electron chi connectivity index (χ1n) is 5.66. The van der Waals surface area contributed by atoms with E-state index < -0.39 is 0 Å². The maximum Gasteiger partial charge on any atom is 0.124 e. The smallest absolute Gasteiger partial charge is 0.124 e. The summed E-state index contributed by atoms with van der Waals surface area (Å²) in [6, 6.07) is 8.29. The predicted octanol–water partition coefficient (Wildman–Crippen LogP) is 4.02. The molecule has 1 aromatic carbocycles. The highest BCUT2D eigenvalue weighted by atomic mass is 32.1. The van der Waals surface area contributed by atoms with Crippen molar-refractivity contribution in [3.8, 4) is 5.75 Å². The van der Waals surface area contributed by atoms with Gasteiger partial charge in [0.25, 0.3) is 0 Å². The molecule has 0 amide bonds. The van der Waals surface area contributed by atoms with Crippen molar-refractivity contribution in [2.45, 2.75) is 32.8 Å². The third kappa shape index (κ3) is 3.30. The van der Waals surface area contributed by atoms with Crippen molar-refractivity contribution in [2.24, 2.45) is 0 Å². The van der Waals surface area contributed by atoms with E-state index >= 15 is 0 Å². The van der Waals surface area contributed by atoms with E-state index in [9.17, 15) is 0 Å². The highest BCUT2D eigenvalue weighted by Crippen LogP contribution is 2.26. The lowest BCUT2D eigenvalue weighted by Crippen LogP contribution is -2.10. The van der Waals surface area contributed by atoms with Gasteiger partial charge in [-0.3, -0.25) is 4.98 Å². The highest BCUT2D eigenvalue weighted by Gasteiger charge is 2.13. The molecule has 0 saturated heterocycles. The first-order chi connectivity index (χ1) is 8.05. The fourth-order valence-electron chi connectivity index (χ4n) is 1.52. The van der Waals surface area contributed by atoms with Crippen LogP contribution in [0.15, 0.2) is 36.0 Å². The molecule has 0 fully saturated rings. The average molecular weight is 247 g/mol. The minimum atomic E-state index is 0.157. The van der Waals surface area contributed by atoms with Gasteiger partial charge in [0.1, 0.15) is 12.4 Å². The van der Waals surface area contributed by atoms with Crippen LogP contribution in [-0.4, -0.2) is 4.98 Å². The van der Waals surface area contributed by atoms with Gasteiger partial charge in [0.05, 0.1) is 10.4 Å². The first-order valence-corrected chi connectivity index (χ1v) is 6.54. The van der Waals surface area contributed by atoms with E-state index in [-0.39, 0.29) is 5.41 Å². The van der Waals surface area contributed by atoms with Gasteiger partial charge in [-0.15, -0.1) is 11.3 Å². The van der Waals surface area contributed by atoms with Gasteiger partial charge in [0, 0.05) is 6.20 Å². The largest absolute Gasteiger partial charge is 0.488 e. The Morgan fingerprint density at radius 1 is 1.29 bits per heavy atom. The van der Waals surface area contributed by atoms with Gasteiger partial charge in [0.15, 0.2) is 0 Å². The number of thiazole rings is 1. The monoisotopic (exact) mass is 247 g/mol. The fourth-order valence-corrected chi connectivity index (χ4v) is 2.03. The second kappa shape index (κ2) is 4.88. The summed E-state index contributed by atoms with van der Waals surface area (Å²) in [4.78, 5) is 5.17. The normalized spacial score (nSPS) is 11.5. The number of hydrogen-bond donors (Lipinski definition) is 0. The minimum absolute atomic E-state index is 0.157. The van der Waals surface area contributed by atoms with E-state index in [1.54, 1.807) is 11.3 Å². The Bertz CT molecular complexity index is 471. The molecule has 90 valence electrons. The number of rotatable bonds is 3. The van der Waals surface area contributed by atoms with E-state index in [1.807, 2.05) is 23.8 Å². The molecule has 0 aliphatic rings. The number of benzene rings is 1.